The van der Waals surface area contributed by atoms with Crippen LogP contribution in [-0.4, -0.2) is 56.7 Å². The van der Waals surface area contributed by atoms with Crippen molar-refractivity contribution in [2.24, 2.45) is 11.1 Å². The number of hydrogen-bond acceptors (Lipinski definition) is 5. The number of benzene rings is 1. The summed E-state index contributed by atoms with van der Waals surface area (Å²) in [7, 11) is 1.44. The van der Waals surface area contributed by atoms with Gasteiger partial charge in [-0.2, -0.15) is 0 Å². The fourth-order valence-electron chi connectivity index (χ4n) is 3.39. The van der Waals surface area contributed by atoms with Gasteiger partial charge >= 0.3 is 0 Å². The molecule has 3 rings (SSSR count). The van der Waals surface area contributed by atoms with Crippen LogP contribution in [0.5, 0.6) is 11.5 Å². The third-order valence-corrected chi connectivity index (χ3v) is 5.03. The largest absolute Gasteiger partial charge is 0.493 e. The number of halogens is 1. The van der Waals surface area contributed by atoms with E-state index in [0.29, 0.717) is 25.3 Å². The van der Waals surface area contributed by atoms with E-state index in [1.54, 1.807) is 6.07 Å². The lowest BCUT2D eigenvalue weighted by molar-refractivity contribution is -0.119. The molecule has 2 N–H and O–H groups in total. The maximum Gasteiger partial charge on any atom is 0.255 e. The van der Waals surface area contributed by atoms with Crippen molar-refractivity contribution < 1.29 is 23.8 Å². The third kappa shape index (κ3) is 3.67. The Morgan fingerprint density at radius 2 is 2.20 bits per heavy atom. The topological polar surface area (TPSA) is 91.1 Å². The summed E-state index contributed by atoms with van der Waals surface area (Å²) in [5.41, 5.74) is 5.59. The first kappa shape index (κ1) is 17.8. The van der Waals surface area contributed by atoms with Crippen LogP contribution in [0.4, 0.5) is 0 Å². The molecule has 1 spiro atoms. The molecule has 0 bridgehead atoms. The number of carbonyl (C=O) groups is 2. The van der Waals surface area contributed by atoms with Crippen molar-refractivity contribution in [2.45, 2.75) is 12.8 Å². The molecular formula is C17H21ClN2O5. The molecule has 1 atom stereocenters. The molecule has 2 heterocycles. The van der Waals surface area contributed by atoms with Crippen molar-refractivity contribution in [1.82, 2.24) is 4.90 Å². The summed E-state index contributed by atoms with van der Waals surface area (Å²) in [5, 5.41) is 0.196. The van der Waals surface area contributed by atoms with Gasteiger partial charge in [0.25, 0.3) is 11.8 Å². The molecule has 0 radical (unpaired) electrons. The normalized spacial score (nSPS) is 22.4. The van der Waals surface area contributed by atoms with Gasteiger partial charge in [0.1, 0.15) is 0 Å². The smallest absolute Gasteiger partial charge is 0.255 e. The van der Waals surface area contributed by atoms with Gasteiger partial charge in [-0.15, -0.1) is 0 Å². The SMILES string of the molecule is COc1cc(C(=O)N2CCC3(CCOC3)C2)cc(Cl)c1OCC(N)=O. The quantitative estimate of drug-likeness (QED) is 0.849. The lowest BCUT2D eigenvalue weighted by atomic mass is 9.87. The lowest BCUT2D eigenvalue weighted by Crippen LogP contribution is -2.32. The Morgan fingerprint density at radius 1 is 1.40 bits per heavy atom. The minimum Gasteiger partial charge on any atom is -0.493 e. The average Bonchev–Trinajstić information content (AvgIpc) is 3.22. The Morgan fingerprint density at radius 3 is 2.84 bits per heavy atom. The zero-order valence-corrected chi connectivity index (χ0v) is 14.8. The second-order valence-electron chi connectivity index (χ2n) is 6.52. The number of carbonyl (C=O) groups excluding carboxylic acids is 2. The van der Waals surface area contributed by atoms with Crippen LogP contribution in [0.25, 0.3) is 0 Å². The fraction of sp³-hybridized carbons (Fsp3) is 0.529. The summed E-state index contributed by atoms with van der Waals surface area (Å²) in [6, 6.07) is 3.10. The third-order valence-electron chi connectivity index (χ3n) is 4.75. The highest BCUT2D eigenvalue weighted by molar-refractivity contribution is 6.32. The van der Waals surface area contributed by atoms with E-state index in [-0.39, 0.29) is 34.5 Å². The minimum atomic E-state index is -0.626. The highest BCUT2D eigenvalue weighted by atomic mass is 35.5. The summed E-state index contributed by atoms with van der Waals surface area (Å²) < 4.78 is 16.0. The van der Waals surface area contributed by atoms with Gasteiger partial charge < -0.3 is 24.8 Å². The summed E-state index contributed by atoms with van der Waals surface area (Å²) in [6.45, 7) is 2.53. The molecule has 25 heavy (non-hydrogen) atoms. The van der Waals surface area contributed by atoms with Crippen molar-refractivity contribution in [3.05, 3.63) is 22.7 Å². The number of hydrogen-bond donors (Lipinski definition) is 1. The predicted octanol–water partition coefficient (Wildman–Crippen LogP) is 1.47. The summed E-state index contributed by atoms with van der Waals surface area (Å²) in [4.78, 5) is 25.6. The van der Waals surface area contributed by atoms with Crippen molar-refractivity contribution in [3.8, 4) is 11.5 Å². The van der Waals surface area contributed by atoms with Crippen molar-refractivity contribution in [3.63, 3.8) is 0 Å². The zero-order chi connectivity index (χ0) is 18.0. The van der Waals surface area contributed by atoms with E-state index in [2.05, 4.69) is 0 Å². The summed E-state index contributed by atoms with van der Waals surface area (Å²) in [5.74, 6) is -0.248. The fourth-order valence-corrected chi connectivity index (χ4v) is 3.65. The van der Waals surface area contributed by atoms with Gasteiger partial charge in [-0.05, 0) is 25.0 Å². The lowest BCUT2D eigenvalue weighted by Gasteiger charge is -2.22. The monoisotopic (exact) mass is 368 g/mol. The van der Waals surface area contributed by atoms with E-state index < -0.39 is 5.91 Å². The van der Waals surface area contributed by atoms with Crippen LogP contribution >= 0.6 is 11.6 Å². The minimum absolute atomic E-state index is 0.0913. The van der Waals surface area contributed by atoms with Crippen LogP contribution in [0.15, 0.2) is 12.1 Å². The molecule has 1 unspecified atom stereocenters. The van der Waals surface area contributed by atoms with E-state index in [0.717, 1.165) is 19.4 Å². The number of amides is 2. The maximum absolute atomic E-state index is 12.8. The molecule has 2 amide bonds. The number of primary amides is 1. The Kier molecular flexibility index (Phi) is 5.06. The van der Waals surface area contributed by atoms with Crippen LogP contribution in [0.2, 0.25) is 5.02 Å². The average molecular weight is 369 g/mol. The van der Waals surface area contributed by atoms with Crippen LogP contribution < -0.4 is 15.2 Å². The molecule has 1 aromatic rings. The number of likely N-dealkylation sites (tertiary alicyclic amines) is 1. The Labute approximate surface area is 151 Å². The molecule has 2 aliphatic rings. The standard InChI is InChI=1S/C17H21ClN2O5/c1-23-13-7-11(6-12(18)15(13)25-8-14(19)21)16(22)20-4-2-17(9-20)3-5-24-10-17/h6-7H,2-5,8-10H2,1H3,(H2,19,21). The van der Waals surface area contributed by atoms with Crippen molar-refractivity contribution >= 4 is 23.4 Å². The number of nitrogens with two attached hydrogens (primary N) is 1. The number of nitrogens with zero attached hydrogens (tertiary/aromatic N) is 1. The molecule has 8 heteroatoms. The highest BCUT2D eigenvalue weighted by Gasteiger charge is 2.43. The zero-order valence-electron chi connectivity index (χ0n) is 14.0. The summed E-state index contributed by atoms with van der Waals surface area (Å²) in [6.07, 6.45) is 1.93. The molecular weight excluding hydrogens is 348 g/mol. The molecule has 2 aliphatic heterocycles. The van der Waals surface area contributed by atoms with Gasteiger partial charge in [0.2, 0.25) is 0 Å². The number of ether oxygens (including phenoxy) is 3. The molecule has 1 aromatic carbocycles. The molecule has 0 aromatic heterocycles. The number of rotatable bonds is 5. The van der Waals surface area contributed by atoms with Gasteiger partial charge in [0, 0.05) is 30.7 Å². The van der Waals surface area contributed by atoms with Gasteiger partial charge in [0.15, 0.2) is 18.1 Å². The first-order valence-corrected chi connectivity index (χ1v) is 8.47. The van der Waals surface area contributed by atoms with Crippen molar-refractivity contribution in [1.29, 1.82) is 0 Å². The Hall–Kier alpha value is -1.99. The van der Waals surface area contributed by atoms with Crippen LogP contribution in [0.3, 0.4) is 0 Å². The van der Waals surface area contributed by atoms with E-state index in [9.17, 15) is 9.59 Å². The Bertz CT molecular complexity index is 688. The summed E-state index contributed by atoms with van der Waals surface area (Å²) >= 11 is 6.22. The van der Waals surface area contributed by atoms with Crippen LogP contribution in [0, 0.1) is 5.41 Å². The van der Waals surface area contributed by atoms with Crippen molar-refractivity contribution in [2.75, 3.05) is 40.0 Å². The van der Waals surface area contributed by atoms with Crippen LogP contribution in [-0.2, 0) is 9.53 Å². The molecule has 7 nitrogen and oxygen atoms in total. The van der Waals surface area contributed by atoms with Gasteiger partial charge in [-0.25, -0.2) is 0 Å². The Balaban J connectivity index is 1.79. The van der Waals surface area contributed by atoms with Gasteiger partial charge in [-0.1, -0.05) is 11.6 Å². The highest BCUT2D eigenvalue weighted by Crippen LogP contribution is 2.40. The molecule has 136 valence electrons. The van der Waals surface area contributed by atoms with E-state index >= 15 is 0 Å². The van der Waals surface area contributed by atoms with E-state index in [1.807, 2.05) is 4.90 Å². The van der Waals surface area contributed by atoms with Crippen LogP contribution in [0.1, 0.15) is 23.2 Å². The molecule has 2 fully saturated rings. The first-order chi connectivity index (χ1) is 11.9. The molecule has 2 saturated heterocycles. The second kappa shape index (κ2) is 7.09. The maximum atomic E-state index is 12.8. The molecule has 0 saturated carbocycles. The first-order valence-electron chi connectivity index (χ1n) is 8.10. The predicted molar refractivity (Wildman–Crippen MR) is 91.1 cm³/mol. The molecule has 0 aliphatic carbocycles. The van der Waals surface area contributed by atoms with Gasteiger partial charge in [-0.3, -0.25) is 9.59 Å². The van der Waals surface area contributed by atoms with Gasteiger partial charge in [0.05, 0.1) is 18.7 Å². The number of methoxy groups -OCH3 is 1. The van der Waals surface area contributed by atoms with E-state index in [1.165, 1.54) is 13.2 Å². The second-order valence-corrected chi connectivity index (χ2v) is 6.93. The van der Waals surface area contributed by atoms with E-state index in [4.69, 9.17) is 31.5 Å².